The fraction of sp³-hybridized carbons (Fsp3) is 0.273. The van der Waals surface area contributed by atoms with Gasteiger partial charge in [-0.25, -0.2) is 9.98 Å². The van der Waals surface area contributed by atoms with Crippen molar-refractivity contribution in [3.63, 3.8) is 0 Å². The van der Waals surface area contributed by atoms with Crippen molar-refractivity contribution in [3.05, 3.63) is 209 Å². The number of nitrogens with zero attached hydrogens (tertiary/aromatic N) is 4. The summed E-state index contributed by atoms with van der Waals surface area (Å²) >= 11 is 0. The van der Waals surface area contributed by atoms with Crippen molar-refractivity contribution in [2.75, 3.05) is 0 Å². The average Bonchev–Trinajstić information content (AvgIpc) is 4.01. The number of hydrogen-bond donors (Lipinski definition) is 0. The van der Waals surface area contributed by atoms with Gasteiger partial charge in [-0.15, -0.1) is 0 Å². The van der Waals surface area contributed by atoms with E-state index in [-0.39, 0.29) is 23.3 Å². The summed E-state index contributed by atoms with van der Waals surface area (Å²) in [6, 6.07) is 60.6. The minimum atomic E-state index is -0.607. The Bertz CT molecular complexity index is 3610. The van der Waals surface area contributed by atoms with E-state index >= 15 is 0 Å². The first-order valence-corrected chi connectivity index (χ1v) is 25.7. The first-order valence-electron chi connectivity index (χ1n) is 25.7. The molecule has 5 heteroatoms. The highest BCUT2D eigenvalue weighted by Gasteiger charge is 2.50. The summed E-state index contributed by atoms with van der Waals surface area (Å²) in [5, 5.41) is 4.78. The van der Waals surface area contributed by atoms with Gasteiger partial charge in [0.05, 0.1) is 16.6 Å². The molecule has 0 N–H and O–H groups in total. The lowest BCUT2D eigenvalue weighted by molar-refractivity contribution is 0.0242. The fourth-order valence-corrected chi connectivity index (χ4v) is 11.4. The summed E-state index contributed by atoms with van der Waals surface area (Å²) in [4.78, 5) is 10.9. The maximum absolute atomic E-state index is 7.45. The van der Waals surface area contributed by atoms with E-state index in [1.807, 2.05) is 6.20 Å². The molecule has 7 aromatic carbocycles. The molecular formula is C66H66N4O. The number of aliphatic imine (C=N–C) groups is 1. The summed E-state index contributed by atoms with van der Waals surface area (Å²) in [6.45, 7) is 25.1. The van der Waals surface area contributed by atoms with Gasteiger partial charge < -0.3 is 9.30 Å². The number of benzene rings is 7. The lowest BCUT2D eigenvalue weighted by Crippen LogP contribution is -2.45. The molecule has 0 aliphatic carbocycles. The second-order valence-electron chi connectivity index (χ2n) is 22.3. The minimum absolute atomic E-state index is 0.0106. The zero-order chi connectivity index (χ0) is 49.5. The number of rotatable bonds is 10. The average molecular weight is 931 g/mol. The van der Waals surface area contributed by atoms with Crippen LogP contribution in [0.5, 0.6) is 0 Å². The summed E-state index contributed by atoms with van der Waals surface area (Å²) in [6.07, 6.45) is 1.92. The van der Waals surface area contributed by atoms with Gasteiger partial charge in [-0.05, 0) is 143 Å². The number of aryl methyl sites for hydroxylation is 1. The normalized spacial score (nSPS) is 16.4. The molecular weight excluding hydrogens is 865 g/mol. The monoisotopic (exact) mass is 931 g/mol. The quantitative estimate of drug-likeness (QED) is 0.137. The van der Waals surface area contributed by atoms with Gasteiger partial charge in [0.2, 0.25) is 5.90 Å². The molecule has 0 radical (unpaired) electrons. The fourth-order valence-electron chi connectivity index (χ4n) is 11.4. The number of aromatic nitrogens is 3. The van der Waals surface area contributed by atoms with E-state index in [4.69, 9.17) is 14.7 Å². The third kappa shape index (κ3) is 7.85. The minimum Gasteiger partial charge on any atom is -0.469 e. The number of hydrogen-bond acceptors (Lipinski definition) is 3. The van der Waals surface area contributed by atoms with Crippen molar-refractivity contribution in [3.8, 4) is 22.5 Å². The molecule has 0 saturated heterocycles. The Hall–Kier alpha value is -7.24. The van der Waals surface area contributed by atoms with Gasteiger partial charge in [0.1, 0.15) is 17.3 Å². The standard InChI is InChI=1S/C66H66N4O/c1-40(2)51-24-18-25-52(41(3)4)61(51)46-35-47(64-68-62(66(11,71-64)42(5)6)60(44-20-14-12-15-21-44)45-22-16-13-17-23-45)37-50(36-46)69-57-31-27-43(7)34-55(57)53-30-29-49(39-59(53)69)70-58-32-28-48(65(8,9)10)38-56(58)54-26-19-33-67-63(54)70/h12-42,60,62H,1-11H3/t62-,66-/m1/s1. The number of pyridine rings is 1. The molecule has 1 aliphatic rings. The molecule has 0 fully saturated rings. The Balaban J connectivity index is 1.20. The second-order valence-corrected chi connectivity index (χ2v) is 22.3. The van der Waals surface area contributed by atoms with Crippen molar-refractivity contribution in [2.45, 2.75) is 111 Å². The van der Waals surface area contributed by atoms with Gasteiger partial charge >= 0.3 is 0 Å². The van der Waals surface area contributed by atoms with Crippen LogP contribution >= 0.6 is 0 Å². The van der Waals surface area contributed by atoms with Crippen LogP contribution in [0.25, 0.3) is 66.2 Å². The molecule has 0 amide bonds. The van der Waals surface area contributed by atoms with Crippen LogP contribution in [-0.4, -0.2) is 31.7 Å². The van der Waals surface area contributed by atoms with E-state index in [0.717, 1.165) is 50.1 Å². The second kappa shape index (κ2) is 17.6. The van der Waals surface area contributed by atoms with Gasteiger partial charge in [0, 0.05) is 50.6 Å². The Morgan fingerprint density at radius 3 is 1.83 bits per heavy atom. The third-order valence-electron chi connectivity index (χ3n) is 15.6. The highest BCUT2D eigenvalue weighted by atomic mass is 16.5. The number of ether oxygens (including phenoxy) is 1. The summed E-state index contributed by atoms with van der Waals surface area (Å²) in [5.41, 5.74) is 17.0. The summed E-state index contributed by atoms with van der Waals surface area (Å²) in [5.74, 6) is 1.44. The van der Waals surface area contributed by atoms with E-state index in [1.165, 1.54) is 55.1 Å². The van der Waals surface area contributed by atoms with Crippen LogP contribution in [0.15, 0.2) is 175 Å². The molecule has 356 valence electrons. The molecule has 0 saturated carbocycles. The molecule has 0 bridgehead atoms. The van der Waals surface area contributed by atoms with Gasteiger partial charge in [0.25, 0.3) is 0 Å². The molecule has 4 heterocycles. The Morgan fingerprint density at radius 2 is 1.18 bits per heavy atom. The Morgan fingerprint density at radius 1 is 0.549 bits per heavy atom. The zero-order valence-corrected chi connectivity index (χ0v) is 43.2. The third-order valence-corrected chi connectivity index (χ3v) is 15.6. The summed E-state index contributed by atoms with van der Waals surface area (Å²) < 4.78 is 12.3. The van der Waals surface area contributed by atoms with Crippen molar-refractivity contribution in [1.82, 2.24) is 14.1 Å². The van der Waals surface area contributed by atoms with Crippen LogP contribution in [-0.2, 0) is 10.2 Å². The molecule has 0 unspecified atom stereocenters. The van der Waals surface area contributed by atoms with Crippen LogP contribution in [0.4, 0.5) is 0 Å². The molecule has 0 spiro atoms. The maximum Gasteiger partial charge on any atom is 0.217 e. The molecule has 2 atom stereocenters. The summed E-state index contributed by atoms with van der Waals surface area (Å²) in [7, 11) is 0. The van der Waals surface area contributed by atoms with Gasteiger partial charge in [-0.1, -0.05) is 165 Å². The first kappa shape index (κ1) is 46.2. The predicted molar refractivity (Wildman–Crippen MR) is 299 cm³/mol. The molecule has 11 rings (SSSR count). The van der Waals surface area contributed by atoms with Crippen molar-refractivity contribution < 1.29 is 4.74 Å². The van der Waals surface area contributed by atoms with E-state index in [2.05, 4.69) is 249 Å². The van der Waals surface area contributed by atoms with Crippen LogP contribution in [0.1, 0.15) is 126 Å². The number of fused-ring (bicyclic) bond motifs is 6. The molecule has 1 aliphatic heterocycles. The van der Waals surface area contributed by atoms with E-state index < -0.39 is 5.60 Å². The van der Waals surface area contributed by atoms with Gasteiger partial charge in [-0.2, -0.15) is 0 Å². The van der Waals surface area contributed by atoms with E-state index in [1.54, 1.807) is 0 Å². The first-order chi connectivity index (χ1) is 34.1. The van der Waals surface area contributed by atoms with E-state index in [9.17, 15) is 0 Å². The van der Waals surface area contributed by atoms with Crippen LogP contribution < -0.4 is 0 Å². The highest BCUT2D eigenvalue weighted by Crippen LogP contribution is 2.47. The lowest BCUT2D eigenvalue weighted by Gasteiger charge is -2.38. The SMILES string of the molecule is Cc1ccc2c(c1)c1ccc(-n3c4ccc(C(C)(C)C)cc4c4cccnc43)cc1n2-c1cc(C2=N[C@H](C(c3ccccc3)c3ccccc3)[C@@](C)(C(C)C)O2)cc(-c2c(C(C)C)cccc2C(C)C)c1. The lowest BCUT2D eigenvalue weighted by atomic mass is 9.74. The predicted octanol–water partition coefficient (Wildman–Crippen LogP) is 17.2. The molecule has 10 aromatic rings. The smallest absolute Gasteiger partial charge is 0.217 e. The molecule has 3 aromatic heterocycles. The Kier molecular flexibility index (Phi) is 11.4. The van der Waals surface area contributed by atoms with Crippen molar-refractivity contribution in [2.24, 2.45) is 10.9 Å². The highest BCUT2D eigenvalue weighted by molar-refractivity contribution is 6.12. The van der Waals surface area contributed by atoms with Gasteiger partial charge in [0.15, 0.2) is 0 Å². The van der Waals surface area contributed by atoms with Crippen LogP contribution in [0.3, 0.4) is 0 Å². The van der Waals surface area contributed by atoms with Crippen LogP contribution in [0.2, 0.25) is 0 Å². The molecule has 5 nitrogen and oxygen atoms in total. The Labute approximate surface area is 419 Å². The van der Waals surface area contributed by atoms with Gasteiger partial charge in [-0.3, -0.25) is 4.57 Å². The van der Waals surface area contributed by atoms with Crippen molar-refractivity contribution >= 4 is 49.6 Å². The topological polar surface area (TPSA) is 44.3 Å². The molecule has 71 heavy (non-hydrogen) atoms. The zero-order valence-electron chi connectivity index (χ0n) is 43.2. The van der Waals surface area contributed by atoms with Crippen LogP contribution in [0, 0.1) is 12.8 Å². The van der Waals surface area contributed by atoms with Crippen molar-refractivity contribution in [1.29, 1.82) is 0 Å². The largest absolute Gasteiger partial charge is 0.469 e. The van der Waals surface area contributed by atoms with E-state index in [0.29, 0.717) is 17.7 Å². The maximum atomic E-state index is 7.45.